The van der Waals surface area contributed by atoms with Crippen LogP contribution in [0.25, 0.3) is 0 Å². The molecule has 3 atom stereocenters. The predicted molar refractivity (Wildman–Crippen MR) is 36.1 cm³/mol. The van der Waals surface area contributed by atoms with Crippen molar-refractivity contribution in [2.75, 3.05) is 13.1 Å². The lowest BCUT2D eigenvalue weighted by molar-refractivity contribution is -0.109. The Bertz CT molecular complexity index is 204. The quantitative estimate of drug-likeness (QED) is 0.544. The molecule has 1 aliphatic carbocycles. The van der Waals surface area contributed by atoms with Gasteiger partial charge in [0.15, 0.2) is 0 Å². The lowest BCUT2D eigenvalue weighted by Gasteiger charge is -2.13. The molecule has 2 aliphatic rings. The summed E-state index contributed by atoms with van der Waals surface area (Å²) in [5.74, 6) is 0.831. The van der Waals surface area contributed by atoms with Crippen molar-refractivity contribution in [3.8, 4) is 0 Å². The van der Waals surface area contributed by atoms with Crippen LogP contribution in [0.4, 0.5) is 4.79 Å². The molecule has 1 saturated carbocycles. The molecule has 0 bridgehead atoms. The lowest BCUT2D eigenvalue weighted by Crippen LogP contribution is -2.29. The van der Waals surface area contributed by atoms with Crippen LogP contribution in [0.1, 0.15) is 0 Å². The largest absolute Gasteiger partial charge is 0.465 e. The fourth-order valence-electron chi connectivity index (χ4n) is 1.93. The van der Waals surface area contributed by atoms with Crippen LogP contribution >= 0.6 is 0 Å². The van der Waals surface area contributed by atoms with Gasteiger partial charge < -0.3 is 14.8 Å². The van der Waals surface area contributed by atoms with Crippen molar-refractivity contribution >= 4 is 12.4 Å². The second-order valence-electron chi connectivity index (χ2n) is 3.23. The topological polar surface area (TPSA) is 57.6 Å². The number of amides is 1. The number of carbonyl (C=O) groups excluding carboxylic acids is 1. The van der Waals surface area contributed by atoms with Gasteiger partial charge in [0.2, 0.25) is 0 Å². The summed E-state index contributed by atoms with van der Waals surface area (Å²) in [5, 5.41) is 8.55. The predicted octanol–water partition coefficient (Wildman–Crippen LogP) is 0.0411. The molecule has 0 aromatic carbocycles. The molecule has 1 N–H and O–H groups in total. The van der Waals surface area contributed by atoms with Gasteiger partial charge in [-0.3, -0.25) is 0 Å². The molecule has 0 radical (unpaired) electrons. The van der Waals surface area contributed by atoms with E-state index in [1.165, 1.54) is 4.90 Å². The molecule has 1 heterocycles. The van der Waals surface area contributed by atoms with Gasteiger partial charge in [-0.05, 0) is 11.8 Å². The molecule has 11 heavy (non-hydrogen) atoms. The lowest BCUT2D eigenvalue weighted by atomic mass is 10.3. The number of rotatable bonds is 1. The summed E-state index contributed by atoms with van der Waals surface area (Å²) < 4.78 is 0. The van der Waals surface area contributed by atoms with Crippen LogP contribution in [0, 0.1) is 17.8 Å². The van der Waals surface area contributed by atoms with Crippen LogP contribution in [0.15, 0.2) is 0 Å². The van der Waals surface area contributed by atoms with Gasteiger partial charge in [-0.25, -0.2) is 4.79 Å². The van der Waals surface area contributed by atoms with Gasteiger partial charge in [0.25, 0.3) is 0 Å². The van der Waals surface area contributed by atoms with Crippen LogP contribution in [0.2, 0.25) is 0 Å². The van der Waals surface area contributed by atoms with Gasteiger partial charge >= 0.3 is 6.09 Å². The molecule has 1 amide bonds. The van der Waals surface area contributed by atoms with E-state index >= 15 is 0 Å². The monoisotopic (exact) mass is 155 g/mol. The van der Waals surface area contributed by atoms with Gasteiger partial charge in [-0.1, -0.05) is 0 Å². The van der Waals surface area contributed by atoms with Crippen LogP contribution in [-0.2, 0) is 4.79 Å². The van der Waals surface area contributed by atoms with Gasteiger partial charge in [-0.2, -0.15) is 0 Å². The number of carboxylic acid groups (broad SMARTS) is 1. The normalized spacial score (nSPS) is 40.0. The second-order valence-corrected chi connectivity index (χ2v) is 3.23. The third kappa shape index (κ3) is 0.818. The summed E-state index contributed by atoms with van der Waals surface area (Å²) in [6.45, 7) is 1.12. The van der Waals surface area contributed by atoms with E-state index in [4.69, 9.17) is 5.11 Å². The molecule has 2 fully saturated rings. The fourth-order valence-corrected chi connectivity index (χ4v) is 1.93. The third-order valence-electron chi connectivity index (χ3n) is 2.69. The molecule has 1 saturated heterocycles. The highest BCUT2D eigenvalue weighted by molar-refractivity contribution is 5.68. The minimum absolute atomic E-state index is 0.158. The first-order valence-electron chi connectivity index (χ1n) is 3.67. The van der Waals surface area contributed by atoms with E-state index in [9.17, 15) is 9.59 Å². The maximum atomic E-state index is 10.4. The SMILES string of the molecule is O=C[C@H]1C2CN(C(=O)O)C[C@@H]21. The van der Waals surface area contributed by atoms with Crippen molar-refractivity contribution in [1.29, 1.82) is 0 Å². The van der Waals surface area contributed by atoms with Crippen molar-refractivity contribution < 1.29 is 14.7 Å². The second kappa shape index (κ2) is 1.96. The van der Waals surface area contributed by atoms with Crippen molar-refractivity contribution in [1.82, 2.24) is 4.90 Å². The van der Waals surface area contributed by atoms with Crippen molar-refractivity contribution in [3.05, 3.63) is 0 Å². The molecule has 2 rings (SSSR count). The summed E-state index contributed by atoms with van der Waals surface area (Å²) in [4.78, 5) is 22.1. The van der Waals surface area contributed by atoms with Crippen LogP contribution in [0.3, 0.4) is 0 Å². The van der Waals surface area contributed by atoms with Crippen molar-refractivity contribution in [2.24, 2.45) is 17.8 Å². The minimum atomic E-state index is -0.859. The zero-order valence-corrected chi connectivity index (χ0v) is 5.93. The molecule has 1 unspecified atom stereocenters. The van der Waals surface area contributed by atoms with Crippen LogP contribution in [-0.4, -0.2) is 35.5 Å². The zero-order valence-electron chi connectivity index (χ0n) is 5.93. The summed E-state index contributed by atoms with van der Waals surface area (Å²) in [6.07, 6.45) is 0.0935. The van der Waals surface area contributed by atoms with E-state index < -0.39 is 6.09 Å². The van der Waals surface area contributed by atoms with E-state index in [-0.39, 0.29) is 5.92 Å². The highest BCUT2D eigenvalue weighted by atomic mass is 16.4. The van der Waals surface area contributed by atoms with E-state index in [0.29, 0.717) is 24.9 Å². The zero-order chi connectivity index (χ0) is 8.01. The standard InChI is InChI=1S/C7H9NO3/c9-3-6-4-1-8(7(10)11)2-5(4)6/h3-6H,1-2H2,(H,10,11)/t4-,5?,6+/m0/s1. The number of hydrogen-bond donors (Lipinski definition) is 1. The maximum Gasteiger partial charge on any atom is 0.407 e. The number of nitrogens with zero attached hydrogens (tertiary/aromatic N) is 1. The van der Waals surface area contributed by atoms with Crippen molar-refractivity contribution in [3.63, 3.8) is 0 Å². The fraction of sp³-hybridized carbons (Fsp3) is 0.714. The van der Waals surface area contributed by atoms with Gasteiger partial charge in [0.05, 0.1) is 0 Å². The number of fused-ring (bicyclic) bond motifs is 1. The first-order valence-corrected chi connectivity index (χ1v) is 3.67. The van der Waals surface area contributed by atoms with Crippen LogP contribution in [0.5, 0.6) is 0 Å². The molecule has 0 spiro atoms. The van der Waals surface area contributed by atoms with Crippen LogP contribution < -0.4 is 0 Å². The molecular formula is C7H9NO3. The Morgan fingerprint density at radius 3 is 2.36 bits per heavy atom. The van der Waals surface area contributed by atoms with E-state index in [1.807, 2.05) is 0 Å². The summed E-state index contributed by atoms with van der Waals surface area (Å²) >= 11 is 0. The molecule has 0 aromatic heterocycles. The smallest absolute Gasteiger partial charge is 0.407 e. The molecule has 4 heteroatoms. The molecular weight excluding hydrogens is 146 g/mol. The van der Waals surface area contributed by atoms with Gasteiger partial charge in [-0.15, -0.1) is 0 Å². The number of likely N-dealkylation sites (tertiary alicyclic amines) is 1. The summed E-state index contributed by atoms with van der Waals surface area (Å²) in [5.41, 5.74) is 0. The molecule has 60 valence electrons. The summed E-state index contributed by atoms with van der Waals surface area (Å²) in [6, 6.07) is 0. The molecule has 1 aliphatic heterocycles. The van der Waals surface area contributed by atoms with Crippen molar-refractivity contribution in [2.45, 2.75) is 0 Å². The number of piperidine rings is 1. The minimum Gasteiger partial charge on any atom is -0.465 e. The first-order chi connectivity index (χ1) is 5.24. The Labute approximate surface area is 63.8 Å². The maximum absolute atomic E-state index is 10.4. The third-order valence-corrected chi connectivity index (χ3v) is 2.69. The number of aldehydes is 1. The highest BCUT2D eigenvalue weighted by Crippen LogP contribution is 2.50. The average Bonchev–Trinajstić information content (AvgIpc) is 2.41. The Morgan fingerprint density at radius 2 is 2.00 bits per heavy atom. The van der Waals surface area contributed by atoms with E-state index in [0.717, 1.165) is 6.29 Å². The average molecular weight is 155 g/mol. The highest BCUT2D eigenvalue weighted by Gasteiger charge is 2.56. The van der Waals surface area contributed by atoms with Gasteiger partial charge in [0.1, 0.15) is 6.29 Å². The first kappa shape index (κ1) is 6.64. The Morgan fingerprint density at radius 1 is 1.45 bits per heavy atom. The Kier molecular flexibility index (Phi) is 1.19. The van der Waals surface area contributed by atoms with E-state index in [1.54, 1.807) is 0 Å². The molecule has 4 nitrogen and oxygen atoms in total. The summed E-state index contributed by atoms with van der Waals surface area (Å²) in [7, 11) is 0. The Balaban J connectivity index is 1.94. The molecule has 0 aromatic rings. The number of carbonyl (C=O) groups is 2. The number of hydrogen-bond acceptors (Lipinski definition) is 2. The van der Waals surface area contributed by atoms with Gasteiger partial charge in [0, 0.05) is 19.0 Å². The van der Waals surface area contributed by atoms with E-state index in [2.05, 4.69) is 0 Å². The Hall–Kier alpha value is -1.06.